The van der Waals surface area contributed by atoms with Crippen LogP contribution in [0.2, 0.25) is 5.02 Å². The first-order valence-corrected chi connectivity index (χ1v) is 8.76. The summed E-state index contributed by atoms with van der Waals surface area (Å²) in [6.07, 6.45) is 1.66. The molecule has 20 heavy (non-hydrogen) atoms. The molecule has 1 amide bonds. The van der Waals surface area contributed by atoms with E-state index >= 15 is 0 Å². The minimum absolute atomic E-state index is 0.0733. The number of thiophene rings is 1. The maximum absolute atomic E-state index is 12.3. The molecule has 2 nitrogen and oxygen atoms in total. The molecule has 0 spiro atoms. The van der Waals surface area contributed by atoms with Crippen molar-refractivity contribution in [3.63, 3.8) is 0 Å². The lowest BCUT2D eigenvalue weighted by Gasteiger charge is -2.15. The molecule has 0 unspecified atom stereocenters. The summed E-state index contributed by atoms with van der Waals surface area (Å²) < 4.78 is 1.10. The van der Waals surface area contributed by atoms with Crippen LogP contribution in [0.4, 0.5) is 5.69 Å². The number of carbonyl (C=O) groups is 1. The monoisotopic (exact) mass is 419 g/mol. The number of halogens is 2. The standard InChI is InChI=1S/C15H15ClINOS/c1-3-9-5-6-12(16)11(4-2)14(9)18-15(19)10-7-13(17)20-8-10/h5-8H,3-4H2,1-2H3,(H,18,19). The van der Waals surface area contributed by atoms with Gasteiger partial charge in [-0.05, 0) is 58.7 Å². The molecular formula is C15H15ClINOS. The minimum atomic E-state index is -0.0733. The van der Waals surface area contributed by atoms with E-state index in [2.05, 4.69) is 34.8 Å². The maximum atomic E-state index is 12.3. The first-order chi connectivity index (χ1) is 9.56. The zero-order chi connectivity index (χ0) is 14.7. The van der Waals surface area contributed by atoms with Crippen LogP contribution in [-0.4, -0.2) is 5.91 Å². The van der Waals surface area contributed by atoms with E-state index in [9.17, 15) is 4.79 Å². The Morgan fingerprint density at radius 3 is 2.65 bits per heavy atom. The van der Waals surface area contributed by atoms with Gasteiger partial charge in [-0.2, -0.15) is 0 Å². The summed E-state index contributed by atoms with van der Waals surface area (Å²) in [6, 6.07) is 5.78. The van der Waals surface area contributed by atoms with Crippen LogP contribution in [0.3, 0.4) is 0 Å². The predicted octanol–water partition coefficient (Wildman–Crippen LogP) is 5.38. The van der Waals surface area contributed by atoms with Crippen LogP contribution in [0, 0.1) is 2.88 Å². The van der Waals surface area contributed by atoms with E-state index in [1.54, 1.807) is 11.3 Å². The topological polar surface area (TPSA) is 29.1 Å². The van der Waals surface area contributed by atoms with Crippen molar-refractivity contribution >= 4 is 57.1 Å². The van der Waals surface area contributed by atoms with Gasteiger partial charge in [0.2, 0.25) is 0 Å². The number of nitrogens with one attached hydrogen (secondary N) is 1. The molecule has 1 N–H and O–H groups in total. The molecule has 0 aliphatic carbocycles. The summed E-state index contributed by atoms with van der Waals surface area (Å²) in [5.41, 5.74) is 3.69. The summed E-state index contributed by atoms with van der Waals surface area (Å²) in [6.45, 7) is 4.12. The second-order valence-corrected chi connectivity index (χ2v) is 7.57. The maximum Gasteiger partial charge on any atom is 0.256 e. The lowest BCUT2D eigenvalue weighted by Crippen LogP contribution is -2.14. The summed E-state index contributed by atoms with van der Waals surface area (Å²) in [5.74, 6) is -0.0733. The highest BCUT2D eigenvalue weighted by atomic mass is 127. The fourth-order valence-corrected chi connectivity index (χ4v) is 3.70. The molecule has 0 saturated heterocycles. The molecule has 1 aromatic carbocycles. The zero-order valence-electron chi connectivity index (χ0n) is 11.3. The van der Waals surface area contributed by atoms with Gasteiger partial charge in [0.15, 0.2) is 0 Å². The molecule has 0 radical (unpaired) electrons. The van der Waals surface area contributed by atoms with Crippen LogP contribution in [0.5, 0.6) is 0 Å². The van der Waals surface area contributed by atoms with Crippen LogP contribution in [0.1, 0.15) is 35.3 Å². The third-order valence-electron chi connectivity index (χ3n) is 3.14. The number of anilines is 1. The molecule has 1 heterocycles. The van der Waals surface area contributed by atoms with Crippen LogP contribution in [-0.2, 0) is 12.8 Å². The van der Waals surface area contributed by atoms with E-state index in [0.717, 1.165) is 32.5 Å². The highest BCUT2D eigenvalue weighted by Crippen LogP contribution is 2.30. The van der Waals surface area contributed by atoms with Crippen LogP contribution in [0.25, 0.3) is 0 Å². The number of carbonyl (C=O) groups excluding carboxylic acids is 1. The number of amides is 1. The molecule has 0 atom stereocenters. The average Bonchev–Trinajstić information content (AvgIpc) is 2.86. The highest BCUT2D eigenvalue weighted by molar-refractivity contribution is 14.1. The van der Waals surface area contributed by atoms with Gasteiger partial charge in [-0.1, -0.05) is 31.5 Å². The normalized spacial score (nSPS) is 10.6. The van der Waals surface area contributed by atoms with Crippen LogP contribution in [0.15, 0.2) is 23.6 Å². The van der Waals surface area contributed by atoms with Crippen LogP contribution < -0.4 is 5.32 Å². The van der Waals surface area contributed by atoms with Gasteiger partial charge in [-0.3, -0.25) is 4.79 Å². The Morgan fingerprint density at radius 1 is 1.35 bits per heavy atom. The van der Waals surface area contributed by atoms with Gasteiger partial charge >= 0.3 is 0 Å². The summed E-state index contributed by atoms with van der Waals surface area (Å²) in [5, 5.41) is 5.61. The van der Waals surface area contributed by atoms with Gasteiger partial charge in [0, 0.05) is 16.1 Å². The quantitative estimate of drug-likeness (QED) is 0.662. The van der Waals surface area contributed by atoms with Gasteiger partial charge in [0.05, 0.1) is 8.45 Å². The Kier molecular flexibility index (Phi) is 5.46. The van der Waals surface area contributed by atoms with Gasteiger partial charge in [-0.25, -0.2) is 0 Å². The van der Waals surface area contributed by atoms with Gasteiger partial charge in [0.25, 0.3) is 5.91 Å². The Morgan fingerprint density at radius 2 is 2.10 bits per heavy atom. The Balaban J connectivity index is 2.37. The second-order valence-electron chi connectivity index (χ2n) is 4.36. The SMILES string of the molecule is CCc1ccc(Cl)c(CC)c1NC(=O)c1csc(I)c1. The molecule has 0 aliphatic rings. The molecule has 0 bridgehead atoms. The molecular weight excluding hydrogens is 405 g/mol. The third-order valence-corrected chi connectivity index (χ3v) is 5.29. The Labute approximate surface area is 141 Å². The molecule has 1 aromatic heterocycles. The molecule has 2 rings (SSSR count). The van der Waals surface area contributed by atoms with Gasteiger partial charge in [0.1, 0.15) is 0 Å². The number of hydrogen-bond acceptors (Lipinski definition) is 2. The first-order valence-electron chi connectivity index (χ1n) is 6.42. The lowest BCUT2D eigenvalue weighted by molar-refractivity contribution is 0.102. The molecule has 106 valence electrons. The fourth-order valence-electron chi connectivity index (χ4n) is 2.08. The highest BCUT2D eigenvalue weighted by Gasteiger charge is 2.15. The summed E-state index contributed by atoms with van der Waals surface area (Å²) in [7, 11) is 0. The van der Waals surface area contributed by atoms with Crippen molar-refractivity contribution in [1.29, 1.82) is 0 Å². The van der Waals surface area contributed by atoms with E-state index in [-0.39, 0.29) is 5.91 Å². The average molecular weight is 420 g/mol. The smallest absolute Gasteiger partial charge is 0.256 e. The zero-order valence-corrected chi connectivity index (χ0v) is 15.0. The summed E-state index contributed by atoms with van der Waals surface area (Å²) >= 11 is 10.0. The largest absolute Gasteiger partial charge is 0.321 e. The van der Waals surface area contributed by atoms with Crippen molar-refractivity contribution in [2.45, 2.75) is 26.7 Å². The Hall–Kier alpha value is -0.590. The molecule has 2 aromatic rings. The molecule has 0 aliphatic heterocycles. The van der Waals surface area contributed by atoms with E-state index in [1.165, 1.54) is 0 Å². The molecule has 5 heteroatoms. The van der Waals surface area contributed by atoms with Gasteiger partial charge < -0.3 is 5.32 Å². The van der Waals surface area contributed by atoms with Crippen molar-refractivity contribution < 1.29 is 4.79 Å². The third kappa shape index (κ3) is 3.35. The van der Waals surface area contributed by atoms with Gasteiger partial charge in [-0.15, -0.1) is 11.3 Å². The van der Waals surface area contributed by atoms with Crippen molar-refractivity contribution in [2.24, 2.45) is 0 Å². The number of hydrogen-bond donors (Lipinski definition) is 1. The van der Waals surface area contributed by atoms with Crippen molar-refractivity contribution in [3.05, 3.63) is 48.2 Å². The second kappa shape index (κ2) is 6.91. The lowest BCUT2D eigenvalue weighted by atomic mass is 10.0. The van der Waals surface area contributed by atoms with Crippen molar-refractivity contribution in [1.82, 2.24) is 0 Å². The molecule has 0 fully saturated rings. The first kappa shape index (κ1) is 15.8. The van der Waals surface area contributed by atoms with E-state index < -0.39 is 0 Å². The number of benzene rings is 1. The minimum Gasteiger partial charge on any atom is -0.321 e. The number of rotatable bonds is 4. The van der Waals surface area contributed by atoms with E-state index in [4.69, 9.17) is 11.6 Å². The predicted molar refractivity (Wildman–Crippen MR) is 95.2 cm³/mol. The molecule has 0 saturated carbocycles. The van der Waals surface area contributed by atoms with Crippen molar-refractivity contribution in [2.75, 3.05) is 5.32 Å². The van der Waals surface area contributed by atoms with Crippen molar-refractivity contribution in [3.8, 4) is 0 Å². The fraction of sp³-hybridized carbons (Fsp3) is 0.267. The van der Waals surface area contributed by atoms with Crippen LogP contribution >= 0.6 is 45.5 Å². The van der Waals surface area contributed by atoms with E-state index in [0.29, 0.717) is 10.6 Å². The summed E-state index contributed by atoms with van der Waals surface area (Å²) in [4.78, 5) is 12.3. The van der Waals surface area contributed by atoms with E-state index in [1.807, 2.05) is 30.5 Å². The number of aryl methyl sites for hydroxylation is 1. The Bertz CT molecular complexity index is 639.